The van der Waals surface area contributed by atoms with Crippen molar-refractivity contribution in [1.82, 2.24) is 4.90 Å². The van der Waals surface area contributed by atoms with Gasteiger partial charge in [0.15, 0.2) is 0 Å². The summed E-state index contributed by atoms with van der Waals surface area (Å²) in [6.45, 7) is 2.27. The maximum Gasteiger partial charge on any atom is 0.308 e. The Morgan fingerprint density at radius 2 is 2.09 bits per heavy atom. The molecule has 2 unspecified atom stereocenters. The number of hydrogen-bond donors (Lipinski definition) is 1. The Morgan fingerprint density at radius 1 is 1.27 bits per heavy atom. The molecule has 114 valence electrons. The Hall–Kier alpha value is -2.56. The molecule has 5 heteroatoms. The highest BCUT2D eigenvalue weighted by Gasteiger charge is 2.38. The van der Waals surface area contributed by atoms with Gasteiger partial charge >= 0.3 is 5.97 Å². The maximum atomic E-state index is 12.7. The average molecular weight is 299 g/mol. The van der Waals surface area contributed by atoms with E-state index in [0.29, 0.717) is 18.5 Å². The van der Waals surface area contributed by atoms with Gasteiger partial charge in [-0.1, -0.05) is 12.1 Å². The highest BCUT2D eigenvalue weighted by atomic mass is 16.4. The Labute approximate surface area is 128 Å². The van der Waals surface area contributed by atoms with Crippen LogP contribution in [0.1, 0.15) is 23.7 Å². The number of likely N-dealkylation sites (tertiary alicyclic amines) is 1. The van der Waals surface area contributed by atoms with Crippen molar-refractivity contribution in [2.45, 2.75) is 19.4 Å². The van der Waals surface area contributed by atoms with E-state index >= 15 is 0 Å². The number of nitrogens with zero attached hydrogens (tertiary/aromatic N) is 1. The van der Waals surface area contributed by atoms with Crippen LogP contribution >= 0.6 is 0 Å². The van der Waals surface area contributed by atoms with E-state index in [1.165, 1.54) is 0 Å². The van der Waals surface area contributed by atoms with Crippen LogP contribution in [0.3, 0.4) is 0 Å². The summed E-state index contributed by atoms with van der Waals surface area (Å²) in [4.78, 5) is 25.5. The minimum absolute atomic E-state index is 0.124. The molecule has 0 saturated carbocycles. The number of rotatable bonds is 3. The van der Waals surface area contributed by atoms with E-state index in [2.05, 4.69) is 0 Å². The molecule has 0 aliphatic carbocycles. The van der Waals surface area contributed by atoms with Crippen LogP contribution in [-0.4, -0.2) is 34.5 Å². The van der Waals surface area contributed by atoms with Gasteiger partial charge in [-0.15, -0.1) is 0 Å². The smallest absolute Gasteiger partial charge is 0.308 e. The predicted octanol–water partition coefficient (Wildman–Crippen LogP) is 2.88. The van der Waals surface area contributed by atoms with Crippen LogP contribution in [0.5, 0.6) is 0 Å². The van der Waals surface area contributed by atoms with E-state index in [-0.39, 0.29) is 11.9 Å². The van der Waals surface area contributed by atoms with E-state index < -0.39 is 11.9 Å². The van der Waals surface area contributed by atoms with Gasteiger partial charge in [-0.25, -0.2) is 0 Å². The van der Waals surface area contributed by atoms with Crippen LogP contribution in [-0.2, 0) is 4.79 Å². The molecule has 2 aromatic rings. The third-order valence-corrected chi connectivity index (χ3v) is 4.30. The van der Waals surface area contributed by atoms with Crippen molar-refractivity contribution < 1.29 is 19.1 Å². The van der Waals surface area contributed by atoms with Gasteiger partial charge in [0, 0.05) is 23.7 Å². The summed E-state index contributed by atoms with van der Waals surface area (Å²) in [6.07, 6.45) is 3.72. The Morgan fingerprint density at radius 3 is 2.73 bits per heavy atom. The normalized spacial score (nSPS) is 21.0. The van der Waals surface area contributed by atoms with Crippen molar-refractivity contribution in [3.63, 3.8) is 0 Å². The van der Waals surface area contributed by atoms with Gasteiger partial charge in [0.1, 0.15) is 0 Å². The highest BCUT2D eigenvalue weighted by Crippen LogP contribution is 2.27. The molecular formula is C17H17NO4. The lowest BCUT2D eigenvalue weighted by atomic mass is 10.0. The van der Waals surface area contributed by atoms with Gasteiger partial charge < -0.3 is 14.4 Å². The number of carboxylic acids is 1. The second-order valence-electron chi connectivity index (χ2n) is 5.57. The van der Waals surface area contributed by atoms with Crippen LogP contribution in [0.25, 0.3) is 11.1 Å². The molecule has 5 nitrogen and oxygen atoms in total. The molecule has 1 aromatic heterocycles. The number of carboxylic acid groups (broad SMARTS) is 1. The minimum Gasteiger partial charge on any atom is -0.481 e. The summed E-state index contributed by atoms with van der Waals surface area (Å²) in [7, 11) is 0. The summed E-state index contributed by atoms with van der Waals surface area (Å²) in [5.41, 5.74) is 2.38. The van der Waals surface area contributed by atoms with E-state index in [4.69, 9.17) is 4.42 Å². The molecule has 1 fully saturated rings. The standard InChI is InChI=1S/C17H17NO4/c1-11-15(17(20)21)5-7-18(11)16(19)13-4-2-3-12(9-13)14-6-8-22-10-14/h2-4,6,8-11,15H,5,7H2,1H3,(H,20,21). The molecule has 2 heterocycles. The Kier molecular flexibility index (Phi) is 3.71. The summed E-state index contributed by atoms with van der Waals surface area (Å²) in [5.74, 6) is -1.45. The zero-order chi connectivity index (χ0) is 15.7. The van der Waals surface area contributed by atoms with Crippen molar-refractivity contribution in [3.05, 3.63) is 48.4 Å². The summed E-state index contributed by atoms with van der Waals surface area (Å²) >= 11 is 0. The van der Waals surface area contributed by atoms with E-state index in [0.717, 1.165) is 11.1 Å². The number of hydrogen-bond acceptors (Lipinski definition) is 3. The second-order valence-corrected chi connectivity index (χ2v) is 5.57. The number of amides is 1. The van der Waals surface area contributed by atoms with Gasteiger partial charge in [0.25, 0.3) is 5.91 Å². The minimum atomic E-state index is -0.838. The van der Waals surface area contributed by atoms with Gasteiger partial charge in [-0.2, -0.15) is 0 Å². The zero-order valence-corrected chi connectivity index (χ0v) is 12.2. The lowest BCUT2D eigenvalue weighted by Gasteiger charge is -2.23. The molecule has 0 spiro atoms. The molecule has 1 aliphatic heterocycles. The van der Waals surface area contributed by atoms with Crippen molar-refractivity contribution in [3.8, 4) is 11.1 Å². The van der Waals surface area contributed by atoms with Gasteiger partial charge in [-0.05, 0) is 37.1 Å². The highest BCUT2D eigenvalue weighted by molar-refractivity contribution is 5.96. The Balaban J connectivity index is 1.84. The van der Waals surface area contributed by atoms with Crippen LogP contribution in [0.15, 0.2) is 47.3 Å². The first-order chi connectivity index (χ1) is 10.6. The van der Waals surface area contributed by atoms with Crippen molar-refractivity contribution in [2.24, 2.45) is 5.92 Å². The number of aliphatic carboxylic acids is 1. The first kappa shape index (κ1) is 14.4. The molecule has 1 saturated heterocycles. The summed E-state index contributed by atoms with van der Waals surface area (Å²) in [5, 5.41) is 9.17. The van der Waals surface area contributed by atoms with Crippen LogP contribution in [0, 0.1) is 5.92 Å². The van der Waals surface area contributed by atoms with Crippen LogP contribution in [0.2, 0.25) is 0 Å². The fourth-order valence-electron chi connectivity index (χ4n) is 2.98. The Bertz CT molecular complexity index is 692. The molecule has 1 amide bonds. The van der Waals surface area contributed by atoms with Crippen LogP contribution < -0.4 is 0 Å². The lowest BCUT2D eigenvalue weighted by molar-refractivity contribution is -0.142. The molecule has 1 N–H and O–H groups in total. The number of carbonyl (C=O) groups is 2. The first-order valence-corrected chi connectivity index (χ1v) is 7.24. The topological polar surface area (TPSA) is 70.8 Å². The van der Waals surface area contributed by atoms with Gasteiger partial charge in [0.2, 0.25) is 0 Å². The summed E-state index contributed by atoms with van der Waals surface area (Å²) < 4.78 is 5.07. The monoisotopic (exact) mass is 299 g/mol. The maximum absolute atomic E-state index is 12.7. The number of carbonyl (C=O) groups excluding carboxylic acids is 1. The summed E-state index contributed by atoms with van der Waals surface area (Å²) in [6, 6.07) is 8.85. The van der Waals surface area contributed by atoms with Crippen molar-refractivity contribution in [2.75, 3.05) is 6.54 Å². The molecule has 0 bridgehead atoms. The van der Waals surface area contributed by atoms with E-state index in [1.807, 2.05) is 24.3 Å². The average Bonchev–Trinajstić information content (AvgIpc) is 3.16. The quantitative estimate of drug-likeness (QED) is 0.946. The fourth-order valence-corrected chi connectivity index (χ4v) is 2.98. The van der Waals surface area contributed by atoms with Gasteiger partial charge in [-0.3, -0.25) is 9.59 Å². The molecule has 1 aliphatic rings. The molecular weight excluding hydrogens is 282 g/mol. The molecule has 3 rings (SSSR count). The van der Waals surface area contributed by atoms with E-state index in [9.17, 15) is 14.7 Å². The fraction of sp³-hybridized carbons (Fsp3) is 0.294. The molecule has 2 atom stereocenters. The van der Waals surface area contributed by atoms with E-state index in [1.54, 1.807) is 30.4 Å². The van der Waals surface area contributed by atoms with Gasteiger partial charge in [0.05, 0.1) is 18.4 Å². The predicted molar refractivity (Wildman–Crippen MR) is 80.4 cm³/mol. The third-order valence-electron chi connectivity index (χ3n) is 4.30. The van der Waals surface area contributed by atoms with Crippen molar-refractivity contribution >= 4 is 11.9 Å². The zero-order valence-electron chi connectivity index (χ0n) is 12.2. The number of benzene rings is 1. The lowest BCUT2D eigenvalue weighted by Crippen LogP contribution is -2.37. The van der Waals surface area contributed by atoms with Crippen molar-refractivity contribution in [1.29, 1.82) is 0 Å². The van der Waals surface area contributed by atoms with Crippen LogP contribution in [0.4, 0.5) is 0 Å². The molecule has 22 heavy (non-hydrogen) atoms. The molecule has 0 radical (unpaired) electrons. The first-order valence-electron chi connectivity index (χ1n) is 7.24. The molecule has 1 aromatic carbocycles. The second kappa shape index (κ2) is 5.67. The largest absolute Gasteiger partial charge is 0.481 e. The number of furan rings is 1. The SMILES string of the molecule is CC1C(C(=O)O)CCN1C(=O)c1cccc(-c2ccoc2)c1. The third kappa shape index (κ3) is 2.50.